The molecule has 5 fully saturated rings. The summed E-state index contributed by atoms with van der Waals surface area (Å²) in [4.78, 5) is 17.5. The van der Waals surface area contributed by atoms with Crippen LogP contribution in [0.15, 0.2) is 23.1 Å². The van der Waals surface area contributed by atoms with Gasteiger partial charge in [0.15, 0.2) is 0 Å². The summed E-state index contributed by atoms with van der Waals surface area (Å²) in [6.07, 6.45) is 8.61. The van der Waals surface area contributed by atoms with Crippen molar-refractivity contribution in [2.75, 3.05) is 38.2 Å². The van der Waals surface area contributed by atoms with Crippen LogP contribution in [0, 0.1) is 24.7 Å². The Bertz CT molecular complexity index is 722. The average Bonchev–Trinajstić information content (AvgIpc) is 2.68. The molecule has 4 nitrogen and oxygen atoms in total. The standard InChI is InChI=1S/C23H32N2O2S/c1-16-20(24-6-8-25(9-7-24)22(26)27-2)4-3-5-21(16)28-23-13-17-10-18(14-23)12-19(11-17)15-23/h3-5,17-19H,6-15H2,1-2H3. The number of piperazine rings is 1. The van der Waals surface area contributed by atoms with E-state index in [1.165, 1.54) is 61.8 Å². The summed E-state index contributed by atoms with van der Waals surface area (Å²) >= 11 is 2.20. The summed E-state index contributed by atoms with van der Waals surface area (Å²) in [6, 6.07) is 6.83. The number of ether oxygens (including phenoxy) is 1. The van der Waals surface area contributed by atoms with Gasteiger partial charge in [-0.25, -0.2) is 4.79 Å². The van der Waals surface area contributed by atoms with E-state index in [0.29, 0.717) is 4.75 Å². The minimum atomic E-state index is -0.206. The first-order valence-corrected chi connectivity index (χ1v) is 11.7. The summed E-state index contributed by atoms with van der Waals surface area (Å²) in [5.74, 6) is 2.98. The Morgan fingerprint density at radius 1 is 1.04 bits per heavy atom. The molecular weight excluding hydrogens is 368 g/mol. The Kier molecular flexibility index (Phi) is 4.77. The molecule has 5 aliphatic rings. The van der Waals surface area contributed by atoms with E-state index in [-0.39, 0.29) is 6.09 Å². The smallest absolute Gasteiger partial charge is 0.409 e. The second kappa shape index (κ2) is 7.16. The number of benzene rings is 1. The molecule has 4 aliphatic carbocycles. The molecule has 0 spiro atoms. The number of rotatable bonds is 3. The molecule has 0 aromatic heterocycles. The lowest BCUT2D eigenvalue weighted by Crippen LogP contribution is -2.49. The van der Waals surface area contributed by atoms with Crippen molar-refractivity contribution in [1.29, 1.82) is 0 Å². The third-order valence-corrected chi connectivity index (χ3v) is 9.21. The molecule has 6 rings (SSSR count). The van der Waals surface area contributed by atoms with Crippen molar-refractivity contribution in [3.05, 3.63) is 23.8 Å². The zero-order valence-corrected chi connectivity index (χ0v) is 18.0. The van der Waals surface area contributed by atoms with Crippen LogP contribution in [0.5, 0.6) is 0 Å². The molecule has 152 valence electrons. The third kappa shape index (κ3) is 3.30. The van der Waals surface area contributed by atoms with Gasteiger partial charge in [-0.15, -0.1) is 11.8 Å². The minimum absolute atomic E-state index is 0.206. The van der Waals surface area contributed by atoms with Crippen LogP contribution >= 0.6 is 11.8 Å². The Balaban J connectivity index is 1.32. The highest BCUT2D eigenvalue weighted by atomic mass is 32.2. The van der Waals surface area contributed by atoms with Gasteiger partial charge in [-0.05, 0) is 80.9 Å². The lowest BCUT2D eigenvalue weighted by Gasteiger charge is -2.56. The number of nitrogens with zero attached hydrogens (tertiary/aromatic N) is 2. The maximum Gasteiger partial charge on any atom is 0.409 e. The van der Waals surface area contributed by atoms with Crippen molar-refractivity contribution < 1.29 is 9.53 Å². The number of thioether (sulfide) groups is 1. The van der Waals surface area contributed by atoms with Crippen molar-refractivity contribution in [3.8, 4) is 0 Å². The molecule has 1 aromatic carbocycles. The van der Waals surface area contributed by atoms with Gasteiger partial charge in [0.2, 0.25) is 0 Å². The van der Waals surface area contributed by atoms with Gasteiger partial charge in [-0.2, -0.15) is 0 Å². The Hall–Kier alpha value is -1.36. The number of hydrogen-bond acceptors (Lipinski definition) is 4. The Labute approximate surface area is 173 Å². The molecule has 1 amide bonds. The SMILES string of the molecule is COC(=O)N1CCN(c2cccc(SC34CC5CC(CC(C5)C3)C4)c2C)CC1. The summed E-state index contributed by atoms with van der Waals surface area (Å²) in [5, 5.41) is 0. The first-order chi connectivity index (χ1) is 13.5. The molecule has 1 saturated heterocycles. The molecule has 28 heavy (non-hydrogen) atoms. The first kappa shape index (κ1) is 18.7. The normalized spacial score (nSPS) is 34.0. The van der Waals surface area contributed by atoms with Crippen LogP contribution in [0.3, 0.4) is 0 Å². The highest BCUT2D eigenvalue weighted by Crippen LogP contribution is 2.62. The van der Waals surface area contributed by atoms with Crippen LogP contribution in [-0.4, -0.2) is 49.0 Å². The molecule has 0 N–H and O–H groups in total. The molecule has 0 atom stereocenters. The van der Waals surface area contributed by atoms with E-state index in [1.54, 1.807) is 4.90 Å². The van der Waals surface area contributed by atoms with E-state index in [2.05, 4.69) is 41.8 Å². The summed E-state index contributed by atoms with van der Waals surface area (Å²) in [7, 11) is 1.46. The molecule has 4 saturated carbocycles. The first-order valence-electron chi connectivity index (χ1n) is 10.9. The maximum atomic E-state index is 11.8. The number of anilines is 1. The van der Waals surface area contributed by atoms with E-state index in [0.717, 1.165) is 43.9 Å². The molecule has 0 unspecified atom stereocenters. The fourth-order valence-corrected chi connectivity index (χ4v) is 8.53. The predicted octanol–water partition coefficient (Wildman–Crippen LogP) is 4.94. The number of hydrogen-bond donors (Lipinski definition) is 0. The van der Waals surface area contributed by atoms with Crippen LogP contribution in [0.4, 0.5) is 10.5 Å². The van der Waals surface area contributed by atoms with Gasteiger partial charge in [-0.1, -0.05) is 6.07 Å². The maximum absolute atomic E-state index is 11.8. The monoisotopic (exact) mass is 400 g/mol. The van der Waals surface area contributed by atoms with Crippen molar-refractivity contribution in [2.24, 2.45) is 17.8 Å². The quantitative estimate of drug-likeness (QED) is 0.719. The zero-order chi connectivity index (χ0) is 19.3. The second-order valence-corrected chi connectivity index (χ2v) is 11.1. The number of carbonyl (C=O) groups excluding carboxylic acids is 1. The van der Waals surface area contributed by atoms with Gasteiger partial charge in [-0.3, -0.25) is 0 Å². The van der Waals surface area contributed by atoms with E-state index < -0.39 is 0 Å². The number of amides is 1. The molecule has 4 bridgehead atoms. The Morgan fingerprint density at radius 3 is 2.21 bits per heavy atom. The summed E-state index contributed by atoms with van der Waals surface area (Å²) in [6.45, 7) is 5.52. The van der Waals surface area contributed by atoms with Gasteiger partial charge < -0.3 is 14.5 Å². The van der Waals surface area contributed by atoms with E-state index in [4.69, 9.17) is 4.74 Å². The van der Waals surface area contributed by atoms with Gasteiger partial charge in [0.1, 0.15) is 0 Å². The third-order valence-electron chi connectivity index (χ3n) is 7.62. The highest BCUT2D eigenvalue weighted by molar-refractivity contribution is 8.00. The molecule has 5 heteroatoms. The van der Waals surface area contributed by atoms with Crippen molar-refractivity contribution in [2.45, 2.75) is 55.1 Å². The summed E-state index contributed by atoms with van der Waals surface area (Å²) in [5.41, 5.74) is 2.77. The molecule has 0 radical (unpaired) electrons. The van der Waals surface area contributed by atoms with Crippen LogP contribution in [0.2, 0.25) is 0 Å². The van der Waals surface area contributed by atoms with Crippen LogP contribution in [-0.2, 0) is 4.74 Å². The van der Waals surface area contributed by atoms with Gasteiger partial charge in [0.05, 0.1) is 7.11 Å². The fourth-order valence-electron chi connectivity index (χ4n) is 6.70. The fraction of sp³-hybridized carbons (Fsp3) is 0.696. The molecule has 1 aromatic rings. The topological polar surface area (TPSA) is 32.8 Å². The van der Waals surface area contributed by atoms with Crippen LogP contribution in [0.25, 0.3) is 0 Å². The van der Waals surface area contributed by atoms with E-state index in [1.807, 2.05) is 0 Å². The molecule has 1 heterocycles. The average molecular weight is 401 g/mol. The minimum Gasteiger partial charge on any atom is -0.453 e. The van der Waals surface area contributed by atoms with Gasteiger partial charge in [0, 0.05) is 41.5 Å². The number of methoxy groups -OCH3 is 1. The Morgan fingerprint density at radius 2 is 1.64 bits per heavy atom. The predicted molar refractivity (Wildman–Crippen MR) is 114 cm³/mol. The lowest BCUT2D eigenvalue weighted by molar-refractivity contribution is 0.0383. The van der Waals surface area contributed by atoms with Gasteiger partial charge >= 0.3 is 6.09 Å². The van der Waals surface area contributed by atoms with E-state index >= 15 is 0 Å². The van der Waals surface area contributed by atoms with Gasteiger partial charge in [0.25, 0.3) is 0 Å². The van der Waals surface area contributed by atoms with E-state index in [9.17, 15) is 4.79 Å². The zero-order valence-electron chi connectivity index (χ0n) is 17.2. The molecular formula is C23H32N2O2S. The highest BCUT2D eigenvalue weighted by Gasteiger charge is 2.51. The second-order valence-electron chi connectivity index (χ2n) is 9.55. The van der Waals surface area contributed by atoms with Crippen molar-refractivity contribution >= 4 is 23.5 Å². The van der Waals surface area contributed by atoms with Crippen molar-refractivity contribution in [1.82, 2.24) is 4.90 Å². The summed E-state index contributed by atoms with van der Waals surface area (Å²) < 4.78 is 5.37. The lowest BCUT2D eigenvalue weighted by atomic mass is 9.56. The molecule has 1 aliphatic heterocycles. The van der Waals surface area contributed by atoms with Crippen LogP contribution in [0.1, 0.15) is 44.1 Å². The van der Waals surface area contributed by atoms with Crippen LogP contribution < -0.4 is 4.90 Å². The number of carbonyl (C=O) groups is 1. The largest absolute Gasteiger partial charge is 0.453 e. The van der Waals surface area contributed by atoms with Crippen molar-refractivity contribution in [3.63, 3.8) is 0 Å².